The van der Waals surface area contributed by atoms with Gasteiger partial charge in [-0.1, -0.05) is 32.6 Å². The van der Waals surface area contributed by atoms with Crippen LogP contribution >= 0.6 is 0 Å². The van der Waals surface area contributed by atoms with E-state index >= 15 is 0 Å². The fraction of sp³-hybridized carbons (Fsp3) is 1.00. The second-order valence-corrected chi connectivity index (χ2v) is 8.28. The number of hydrogen-bond donors (Lipinski definition) is 2. The number of hydrogen-bond acceptors (Lipinski definition) is 3. The van der Waals surface area contributed by atoms with Gasteiger partial charge in [0, 0.05) is 25.2 Å². The Morgan fingerprint density at radius 1 is 1.20 bits per heavy atom. The highest BCUT2D eigenvalue weighted by molar-refractivity contribution is 7.87. The molecule has 0 aromatic carbocycles. The van der Waals surface area contributed by atoms with Gasteiger partial charge in [0.1, 0.15) is 0 Å². The third-order valence-electron chi connectivity index (χ3n) is 4.76. The number of nitrogens with zero attached hydrogens (tertiary/aromatic N) is 1. The molecular weight excluding hydrogens is 274 g/mol. The van der Waals surface area contributed by atoms with Crippen LogP contribution in [0.2, 0.25) is 0 Å². The van der Waals surface area contributed by atoms with Crippen LogP contribution in [0.25, 0.3) is 0 Å². The molecule has 1 aliphatic carbocycles. The fourth-order valence-electron chi connectivity index (χ4n) is 3.46. The van der Waals surface area contributed by atoms with Crippen molar-refractivity contribution in [2.24, 2.45) is 11.7 Å². The monoisotopic (exact) mass is 303 g/mol. The molecule has 0 spiro atoms. The first-order valence-electron chi connectivity index (χ1n) is 7.97. The molecule has 1 aliphatic heterocycles. The van der Waals surface area contributed by atoms with E-state index in [1.165, 1.54) is 12.8 Å². The Kier molecular flexibility index (Phi) is 5.45. The van der Waals surface area contributed by atoms with Crippen LogP contribution in [0.4, 0.5) is 0 Å². The molecule has 0 bridgehead atoms. The molecule has 3 N–H and O–H groups in total. The maximum absolute atomic E-state index is 12.6. The fourth-order valence-corrected chi connectivity index (χ4v) is 5.24. The van der Waals surface area contributed by atoms with Crippen molar-refractivity contribution in [1.82, 2.24) is 9.03 Å². The van der Waals surface area contributed by atoms with Crippen LogP contribution in [0, 0.1) is 5.92 Å². The van der Waals surface area contributed by atoms with E-state index in [1.807, 2.05) is 0 Å². The van der Waals surface area contributed by atoms with E-state index in [0.29, 0.717) is 25.6 Å². The Morgan fingerprint density at radius 2 is 1.85 bits per heavy atom. The molecule has 1 heterocycles. The summed E-state index contributed by atoms with van der Waals surface area (Å²) in [7, 11) is -3.40. The lowest BCUT2D eigenvalue weighted by Crippen LogP contribution is -2.58. The summed E-state index contributed by atoms with van der Waals surface area (Å²) in [5.41, 5.74) is 5.51. The maximum atomic E-state index is 12.6. The second kappa shape index (κ2) is 6.73. The Labute approximate surface area is 123 Å². The van der Waals surface area contributed by atoms with Crippen LogP contribution in [0.3, 0.4) is 0 Å². The van der Waals surface area contributed by atoms with Crippen molar-refractivity contribution in [2.45, 2.75) is 63.8 Å². The van der Waals surface area contributed by atoms with Crippen molar-refractivity contribution in [3.05, 3.63) is 0 Å². The number of rotatable bonds is 4. The molecule has 0 aromatic rings. The predicted octanol–water partition coefficient (Wildman–Crippen LogP) is 1.60. The van der Waals surface area contributed by atoms with Gasteiger partial charge >= 0.3 is 0 Å². The minimum atomic E-state index is -3.40. The summed E-state index contributed by atoms with van der Waals surface area (Å²) in [5, 5.41) is 0. The van der Waals surface area contributed by atoms with Crippen molar-refractivity contribution in [3.8, 4) is 0 Å². The highest BCUT2D eigenvalue weighted by Gasteiger charge is 2.37. The summed E-state index contributed by atoms with van der Waals surface area (Å²) in [6.45, 7) is 3.79. The molecular formula is C14H29N3O2S. The van der Waals surface area contributed by atoms with Crippen molar-refractivity contribution in [3.63, 3.8) is 0 Å². The minimum absolute atomic E-state index is 0.398. The van der Waals surface area contributed by atoms with Crippen molar-refractivity contribution in [2.75, 3.05) is 19.6 Å². The Hall–Kier alpha value is -0.170. The van der Waals surface area contributed by atoms with Gasteiger partial charge in [-0.25, -0.2) is 0 Å². The van der Waals surface area contributed by atoms with E-state index in [1.54, 1.807) is 4.31 Å². The van der Waals surface area contributed by atoms with Gasteiger partial charge in [0.05, 0.1) is 0 Å². The van der Waals surface area contributed by atoms with Crippen molar-refractivity contribution in [1.29, 1.82) is 0 Å². The smallest absolute Gasteiger partial charge is 0.280 e. The zero-order chi connectivity index (χ0) is 14.6. The van der Waals surface area contributed by atoms with E-state index in [0.717, 1.165) is 38.5 Å². The Morgan fingerprint density at radius 3 is 2.40 bits per heavy atom. The normalized spacial score (nSPS) is 29.0. The van der Waals surface area contributed by atoms with Crippen LogP contribution in [0.15, 0.2) is 0 Å². The Balaban J connectivity index is 2.08. The van der Waals surface area contributed by atoms with Gasteiger partial charge in [-0.2, -0.15) is 17.4 Å². The molecule has 1 atom stereocenters. The molecule has 1 saturated heterocycles. The summed E-state index contributed by atoms with van der Waals surface area (Å²) < 4.78 is 29.8. The van der Waals surface area contributed by atoms with Crippen LogP contribution in [-0.4, -0.2) is 37.9 Å². The van der Waals surface area contributed by atoms with E-state index in [2.05, 4.69) is 11.6 Å². The largest absolute Gasteiger partial charge is 0.329 e. The molecule has 0 aromatic heterocycles. The lowest BCUT2D eigenvalue weighted by Gasteiger charge is -2.37. The first-order chi connectivity index (χ1) is 9.47. The van der Waals surface area contributed by atoms with Gasteiger partial charge < -0.3 is 5.73 Å². The number of piperidine rings is 1. The maximum Gasteiger partial charge on any atom is 0.280 e. The van der Waals surface area contributed by atoms with Gasteiger partial charge in [-0.3, -0.25) is 0 Å². The Bertz CT molecular complexity index is 403. The molecule has 1 unspecified atom stereocenters. The molecule has 1 saturated carbocycles. The third-order valence-corrected chi connectivity index (χ3v) is 6.46. The lowest BCUT2D eigenvalue weighted by atomic mass is 9.92. The van der Waals surface area contributed by atoms with E-state index in [4.69, 9.17) is 5.73 Å². The van der Waals surface area contributed by atoms with Crippen LogP contribution in [-0.2, 0) is 10.2 Å². The van der Waals surface area contributed by atoms with E-state index < -0.39 is 15.7 Å². The molecule has 118 valence electrons. The second-order valence-electron chi connectivity index (χ2n) is 6.61. The van der Waals surface area contributed by atoms with Gasteiger partial charge in [-0.05, 0) is 31.6 Å². The minimum Gasteiger partial charge on any atom is -0.329 e. The third kappa shape index (κ3) is 3.93. The van der Waals surface area contributed by atoms with Crippen LogP contribution in [0.1, 0.15) is 58.3 Å². The summed E-state index contributed by atoms with van der Waals surface area (Å²) in [6, 6.07) is 0. The number of nitrogens with one attached hydrogen (secondary N) is 1. The van der Waals surface area contributed by atoms with Crippen LogP contribution in [0.5, 0.6) is 0 Å². The van der Waals surface area contributed by atoms with Gasteiger partial charge in [0.15, 0.2) is 0 Å². The zero-order valence-electron chi connectivity index (χ0n) is 12.6. The SMILES string of the molecule is CC1CCCN(S(=O)(=O)NC2(CN)CCCCCC2)C1. The number of nitrogens with two attached hydrogens (primary N) is 1. The van der Waals surface area contributed by atoms with Gasteiger partial charge in [-0.15, -0.1) is 0 Å². The lowest BCUT2D eigenvalue weighted by molar-refractivity contribution is 0.264. The summed E-state index contributed by atoms with van der Waals surface area (Å²) in [5.74, 6) is 0.447. The summed E-state index contributed by atoms with van der Waals surface area (Å²) >= 11 is 0. The molecule has 0 amide bonds. The first kappa shape index (κ1) is 16.2. The topological polar surface area (TPSA) is 75.4 Å². The summed E-state index contributed by atoms with van der Waals surface area (Å²) in [4.78, 5) is 0. The highest BCUT2D eigenvalue weighted by atomic mass is 32.2. The average Bonchev–Trinajstić information content (AvgIpc) is 2.64. The van der Waals surface area contributed by atoms with Crippen molar-refractivity contribution < 1.29 is 8.42 Å². The molecule has 6 heteroatoms. The predicted molar refractivity (Wildman–Crippen MR) is 81.5 cm³/mol. The van der Waals surface area contributed by atoms with Gasteiger partial charge in [0.25, 0.3) is 10.2 Å². The molecule has 2 fully saturated rings. The molecule has 2 rings (SSSR count). The quantitative estimate of drug-likeness (QED) is 0.775. The van der Waals surface area contributed by atoms with Gasteiger partial charge in [0.2, 0.25) is 0 Å². The molecule has 5 nitrogen and oxygen atoms in total. The standard InChI is InChI=1S/C14H29N3O2S/c1-13-7-6-10-17(11-13)20(18,19)16-14(12-15)8-4-2-3-5-9-14/h13,16H,2-12,15H2,1H3. The summed E-state index contributed by atoms with van der Waals surface area (Å²) in [6.07, 6.45) is 8.31. The average molecular weight is 303 g/mol. The van der Waals surface area contributed by atoms with E-state index in [9.17, 15) is 8.42 Å². The highest BCUT2D eigenvalue weighted by Crippen LogP contribution is 2.28. The van der Waals surface area contributed by atoms with Crippen LogP contribution < -0.4 is 10.5 Å². The molecule has 2 aliphatic rings. The zero-order valence-corrected chi connectivity index (χ0v) is 13.4. The molecule has 0 radical (unpaired) electrons. The molecule has 20 heavy (non-hydrogen) atoms. The van der Waals surface area contributed by atoms with E-state index in [-0.39, 0.29) is 0 Å². The first-order valence-corrected chi connectivity index (χ1v) is 9.41. The van der Waals surface area contributed by atoms with Crippen molar-refractivity contribution >= 4 is 10.2 Å².